The third-order valence-corrected chi connectivity index (χ3v) is 6.90. The Bertz CT molecular complexity index is 789. The van der Waals surface area contributed by atoms with Crippen molar-refractivity contribution in [1.82, 2.24) is 5.32 Å². The van der Waals surface area contributed by atoms with E-state index in [-0.39, 0.29) is 24.0 Å². The highest BCUT2D eigenvalue weighted by Crippen LogP contribution is 2.37. The lowest BCUT2D eigenvalue weighted by atomic mass is 9.75. The zero-order valence-corrected chi connectivity index (χ0v) is 19.6. The molecule has 0 bridgehead atoms. The molecule has 0 amide bonds. The van der Waals surface area contributed by atoms with E-state index in [0.717, 1.165) is 31.4 Å². The van der Waals surface area contributed by atoms with E-state index in [1.54, 1.807) is 0 Å². The molecule has 5 atom stereocenters. The fourth-order valence-corrected chi connectivity index (χ4v) is 5.00. The highest BCUT2D eigenvalue weighted by Gasteiger charge is 2.36. The number of carbonyl (C=O) groups excluding carboxylic acids is 1. The molecule has 0 heterocycles. The summed E-state index contributed by atoms with van der Waals surface area (Å²) in [7, 11) is 0. The SMILES string of the molecule is CC[C@@H](C(=O)O[C@@H]1C[C@H](C)CC[C@H]1C(C)C)[C@H](NCc1ccccc1)c1ccccc1. The largest absolute Gasteiger partial charge is 0.462 e. The predicted molar refractivity (Wildman–Crippen MR) is 127 cm³/mol. The molecule has 0 radical (unpaired) electrons. The first-order valence-electron chi connectivity index (χ1n) is 12.0. The van der Waals surface area contributed by atoms with Crippen LogP contribution in [0.2, 0.25) is 0 Å². The monoisotopic (exact) mass is 421 g/mol. The molecule has 168 valence electrons. The Balaban J connectivity index is 1.77. The van der Waals surface area contributed by atoms with Gasteiger partial charge in [-0.15, -0.1) is 0 Å². The average Bonchev–Trinajstić information content (AvgIpc) is 2.77. The second-order valence-electron chi connectivity index (χ2n) is 9.57. The molecule has 1 N–H and O–H groups in total. The standard InChI is InChI=1S/C28H39NO2/c1-5-24(28(30)31-26-18-21(4)16-17-25(26)20(2)3)27(23-14-10-7-11-15-23)29-19-22-12-8-6-9-13-22/h6-15,20-21,24-27,29H,5,16-19H2,1-4H3/t21-,24-,25+,26-,27-/m1/s1. The Morgan fingerprint density at radius 2 is 1.68 bits per heavy atom. The minimum atomic E-state index is -0.212. The first-order chi connectivity index (χ1) is 15.0. The smallest absolute Gasteiger partial charge is 0.311 e. The first kappa shape index (κ1) is 23.5. The third kappa shape index (κ3) is 6.43. The van der Waals surface area contributed by atoms with Crippen LogP contribution in [0.15, 0.2) is 60.7 Å². The number of hydrogen-bond donors (Lipinski definition) is 1. The Labute approximate surface area is 188 Å². The van der Waals surface area contributed by atoms with Crippen LogP contribution in [0.5, 0.6) is 0 Å². The van der Waals surface area contributed by atoms with E-state index in [9.17, 15) is 4.79 Å². The molecule has 0 unspecified atom stereocenters. The van der Waals surface area contributed by atoms with Crippen LogP contribution in [0.1, 0.15) is 70.5 Å². The number of esters is 1. The van der Waals surface area contributed by atoms with Gasteiger partial charge in [-0.3, -0.25) is 4.79 Å². The maximum atomic E-state index is 13.5. The summed E-state index contributed by atoms with van der Waals surface area (Å²) in [6, 6.07) is 20.6. The molecule has 1 saturated carbocycles. The molecule has 3 rings (SSSR count). The lowest BCUT2D eigenvalue weighted by Gasteiger charge is -2.38. The number of ether oxygens (including phenoxy) is 1. The molecular formula is C28H39NO2. The van der Waals surface area contributed by atoms with Crippen molar-refractivity contribution in [2.45, 2.75) is 72.1 Å². The van der Waals surface area contributed by atoms with E-state index in [1.165, 1.54) is 12.0 Å². The molecule has 2 aromatic rings. The number of hydrogen-bond acceptors (Lipinski definition) is 3. The molecule has 0 saturated heterocycles. The van der Waals surface area contributed by atoms with Gasteiger partial charge in [0.15, 0.2) is 0 Å². The number of benzene rings is 2. The quantitative estimate of drug-likeness (QED) is 0.467. The van der Waals surface area contributed by atoms with Gasteiger partial charge in [0.25, 0.3) is 0 Å². The van der Waals surface area contributed by atoms with Crippen LogP contribution in [-0.4, -0.2) is 12.1 Å². The van der Waals surface area contributed by atoms with Gasteiger partial charge in [-0.05, 0) is 48.1 Å². The summed E-state index contributed by atoms with van der Waals surface area (Å²) in [5.74, 6) is 1.35. The van der Waals surface area contributed by atoms with Crippen molar-refractivity contribution in [3.8, 4) is 0 Å². The number of carbonyl (C=O) groups is 1. The molecule has 0 spiro atoms. The van der Waals surface area contributed by atoms with E-state index >= 15 is 0 Å². The summed E-state index contributed by atoms with van der Waals surface area (Å²) >= 11 is 0. The van der Waals surface area contributed by atoms with Gasteiger partial charge >= 0.3 is 5.97 Å². The molecule has 1 aliphatic carbocycles. The maximum Gasteiger partial charge on any atom is 0.311 e. The lowest BCUT2D eigenvalue weighted by Crippen LogP contribution is -2.40. The van der Waals surface area contributed by atoms with Crippen LogP contribution in [0.3, 0.4) is 0 Å². The van der Waals surface area contributed by atoms with E-state index < -0.39 is 0 Å². The zero-order valence-electron chi connectivity index (χ0n) is 19.6. The molecule has 3 heteroatoms. The number of nitrogens with one attached hydrogen (secondary N) is 1. The van der Waals surface area contributed by atoms with Crippen LogP contribution in [0.4, 0.5) is 0 Å². The van der Waals surface area contributed by atoms with E-state index in [0.29, 0.717) is 17.8 Å². The maximum absolute atomic E-state index is 13.5. The van der Waals surface area contributed by atoms with Crippen LogP contribution >= 0.6 is 0 Å². The van der Waals surface area contributed by atoms with Gasteiger partial charge in [0.1, 0.15) is 6.10 Å². The number of rotatable bonds is 9. The molecule has 31 heavy (non-hydrogen) atoms. The summed E-state index contributed by atoms with van der Waals surface area (Å²) in [4.78, 5) is 13.5. The van der Waals surface area contributed by atoms with Crippen molar-refractivity contribution in [2.75, 3.05) is 0 Å². The van der Waals surface area contributed by atoms with Crippen LogP contribution in [0.25, 0.3) is 0 Å². The molecule has 0 aromatic heterocycles. The average molecular weight is 422 g/mol. The molecule has 2 aromatic carbocycles. The second kappa shape index (κ2) is 11.5. The zero-order chi connectivity index (χ0) is 22.2. The second-order valence-corrected chi connectivity index (χ2v) is 9.57. The van der Waals surface area contributed by atoms with Gasteiger partial charge < -0.3 is 10.1 Å². The highest BCUT2D eigenvalue weighted by atomic mass is 16.5. The molecule has 1 aliphatic rings. The van der Waals surface area contributed by atoms with Crippen molar-refractivity contribution in [1.29, 1.82) is 0 Å². The fraction of sp³-hybridized carbons (Fsp3) is 0.536. The van der Waals surface area contributed by atoms with E-state index in [4.69, 9.17) is 4.74 Å². The Morgan fingerprint density at radius 3 is 2.29 bits per heavy atom. The van der Waals surface area contributed by atoms with Gasteiger partial charge in [0.2, 0.25) is 0 Å². The Hall–Kier alpha value is -2.13. The van der Waals surface area contributed by atoms with Gasteiger partial charge in [-0.25, -0.2) is 0 Å². The fourth-order valence-electron chi connectivity index (χ4n) is 5.00. The van der Waals surface area contributed by atoms with Crippen molar-refractivity contribution in [3.05, 3.63) is 71.8 Å². The summed E-state index contributed by atoms with van der Waals surface area (Å²) < 4.78 is 6.26. The summed E-state index contributed by atoms with van der Waals surface area (Å²) in [6.45, 7) is 9.61. The van der Waals surface area contributed by atoms with Gasteiger partial charge in [0.05, 0.1) is 5.92 Å². The van der Waals surface area contributed by atoms with Crippen molar-refractivity contribution < 1.29 is 9.53 Å². The highest BCUT2D eigenvalue weighted by molar-refractivity contribution is 5.74. The van der Waals surface area contributed by atoms with Crippen LogP contribution in [0, 0.1) is 23.7 Å². The van der Waals surface area contributed by atoms with Crippen molar-refractivity contribution >= 4 is 5.97 Å². The topological polar surface area (TPSA) is 38.3 Å². The molecule has 0 aliphatic heterocycles. The van der Waals surface area contributed by atoms with Crippen molar-refractivity contribution in [2.24, 2.45) is 23.7 Å². The van der Waals surface area contributed by atoms with Crippen LogP contribution in [-0.2, 0) is 16.1 Å². The predicted octanol–water partition coefficient (Wildman–Crippen LogP) is 6.55. The summed E-state index contributed by atoms with van der Waals surface area (Å²) in [5, 5.41) is 3.66. The van der Waals surface area contributed by atoms with E-state index in [2.05, 4.69) is 69.4 Å². The summed E-state index contributed by atoms with van der Waals surface area (Å²) in [6.07, 6.45) is 4.16. The molecule has 3 nitrogen and oxygen atoms in total. The Kier molecular flexibility index (Phi) is 8.71. The molecule has 1 fully saturated rings. The van der Waals surface area contributed by atoms with Crippen molar-refractivity contribution in [3.63, 3.8) is 0 Å². The summed E-state index contributed by atoms with van der Waals surface area (Å²) in [5.41, 5.74) is 2.35. The normalized spacial score (nSPS) is 23.3. The van der Waals surface area contributed by atoms with E-state index in [1.807, 2.05) is 24.3 Å². The van der Waals surface area contributed by atoms with Gasteiger partial charge in [-0.2, -0.15) is 0 Å². The third-order valence-electron chi connectivity index (χ3n) is 6.90. The van der Waals surface area contributed by atoms with Gasteiger partial charge in [-0.1, -0.05) is 94.8 Å². The first-order valence-corrected chi connectivity index (χ1v) is 12.0. The lowest BCUT2D eigenvalue weighted by molar-refractivity contribution is -0.162. The minimum Gasteiger partial charge on any atom is -0.462 e. The van der Waals surface area contributed by atoms with Gasteiger partial charge in [0, 0.05) is 12.6 Å². The Morgan fingerprint density at radius 1 is 1.03 bits per heavy atom. The molecular weight excluding hydrogens is 382 g/mol. The minimum absolute atomic E-state index is 0.0378. The van der Waals surface area contributed by atoms with Crippen LogP contribution < -0.4 is 5.32 Å².